The van der Waals surface area contributed by atoms with Crippen LogP contribution in [0.1, 0.15) is 34.6 Å². The van der Waals surface area contributed by atoms with Gasteiger partial charge in [0.2, 0.25) is 5.78 Å². The number of amides is 1. The molecule has 0 aliphatic heterocycles. The number of aromatic nitrogens is 1. The molecule has 1 heterocycles. The van der Waals surface area contributed by atoms with Crippen molar-refractivity contribution < 1.29 is 19.1 Å². The summed E-state index contributed by atoms with van der Waals surface area (Å²) < 4.78 is 5.22. The number of hydrogen-bond acceptors (Lipinski definition) is 4. The zero-order valence-electron chi connectivity index (χ0n) is 16.1. The lowest BCUT2D eigenvalue weighted by Gasteiger charge is -2.21. The molecule has 1 aromatic heterocycles. The summed E-state index contributed by atoms with van der Waals surface area (Å²) in [5.74, 6) is -1.71. The maximum Gasteiger partial charge on any atom is 0.329 e. The average molecular weight is 413 g/mol. The van der Waals surface area contributed by atoms with Crippen molar-refractivity contribution in [1.82, 2.24) is 10.3 Å². The van der Waals surface area contributed by atoms with Crippen LogP contribution in [0.5, 0.6) is 0 Å². The van der Waals surface area contributed by atoms with Crippen LogP contribution in [-0.2, 0) is 9.53 Å². The molecular weight excluding hydrogens is 392 g/mol. The maximum absolute atomic E-state index is 12.5. The molecule has 150 valence electrons. The van der Waals surface area contributed by atoms with Gasteiger partial charge in [-0.3, -0.25) is 9.59 Å². The van der Waals surface area contributed by atoms with Gasteiger partial charge in [-0.2, -0.15) is 0 Å². The van der Waals surface area contributed by atoms with E-state index in [2.05, 4.69) is 10.3 Å². The normalized spacial score (nSPS) is 12.0. The molecule has 3 aromatic rings. The van der Waals surface area contributed by atoms with Gasteiger partial charge in [0.05, 0.1) is 10.6 Å². The van der Waals surface area contributed by atoms with Crippen molar-refractivity contribution in [1.29, 1.82) is 0 Å². The van der Waals surface area contributed by atoms with Crippen LogP contribution in [0.4, 0.5) is 0 Å². The molecule has 0 saturated heterocycles. The summed E-state index contributed by atoms with van der Waals surface area (Å²) in [5, 5.41) is 3.70. The molecule has 0 radical (unpaired) electrons. The van der Waals surface area contributed by atoms with E-state index >= 15 is 0 Å². The van der Waals surface area contributed by atoms with Gasteiger partial charge in [-0.25, -0.2) is 4.79 Å². The predicted octanol–water partition coefficient (Wildman–Crippen LogP) is 4.00. The molecule has 7 heteroatoms. The first-order valence-corrected chi connectivity index (χ1v) is 9.57. The van der Waals surface area contributed by atoms with E-state index in [1.807, 2.05) is 24.3 Å². The lowest BCUT2D eigenvalue weighted by Crippen LogP contribution is -2.45. The Morgan fingerprint density at radius 1 is 1.03 bits per heavy atom. The topological polar surface area (TPSA) is 88.3 Å². The number of ketones is 1. The molecule has 1 amide bonds. The number of benzene rings is 2. The third-order valence-electron chi connectivity index (χ3n) is 4.56. The van der Waals surface area contributed by atoms with Gasteiger partial charge in [-0.05, 0) is 24.1 Å². The SMILES string of the molecule is CC(C)[C@H](NC(=O)c1ccccc1Cl)C(=O)OCC(=O)c1c[nH]c2ccccc12. The number of esters is 1. The van der Waals surface area contributed by atoms with E-state index in [9.17, 15) is 14.4 Å². The molecule has 3 rings (SSSR count). The first kappa shape index (κ1) is 20.6. The van der Waals surface area contributed by atoms with Crippen molar-refractivity contribution in [3.05, 3.63) is 70.9 Å². The van der Waals surface area contributed by atoms with Gasteiger partial charge in [0.25, 0.3) is 5.91 Å². The molecule has 2 aromatic carbocycles. The Morgan fingerprint density at radius 3 is 2.45 bits per heavy atom. The molecule has 6 nitrogen and oxygen atoms in total. The van der Waals surface area contributed by atoms with Crippen molar-refractivity contribution >= 4 is 40.2 Å². The van der Waals surface area contributed by atoms with Crippen molar-refractivity contribution in [2.75, 3.05) is 6.61 Å². The van der Waals surface area contributed by atoms with Gasteiger partial charge >= 0.3 is 5.97 Å². The van der Waals surface area contributed by atoms with Gasteiger partial charge < -0.3 is 15.0 Å². The standard InChI is InChI=1S/C22H21ClN2O4/c1-13(2)20(25-21(27)15-8-3-5-9-17(15)23)22(28)29-12-19(26)16-11-24-18-10-6-4-7-14(16)18/h3-11,13,20,24H,12H2,1-2H3,(H,25,27)/t20-/m0/s1. The molecule has 0 aliphatic carbocycles. The third-order valence-corrected chi connectivity index (χ3v) is 4.89. The molecule has 0 unspecified atom stereocenters. The lowest BCUT2D eigenvalue weighted by atomic mass is 10.0. The Bertz CT molecular complexity index is 1060. The fraction of sp³-hybridized carbons (Fsp3) is 0.227. The number of carbonyl (C=O) groups is 3. The molecule has 0 fully saturated rings. The summed E-state index contributed by atoms with van der Waals surface area (Å²) in [5.41, 5.74) is 1.55. The largest absolute Gasteiger partial charge is 0.456 e. The van der Waals surface area contributed by atoms with Crippen molar-refractivity contribution in [3.63, 3.8) is 0 Å². The zero-order valence-corrected chi connectivity index (χ0v) is 16.8. The Kier molecular flexibility index (Phi) is 6.34. The number of hydrogen-bond donors (Lipinski definition) is 2. The summed E-state index contributed by atoms with van der Waals surface area (Å²) >= 11 is 6.04. The minimum atomic E-state index is -0.908. The fourth-order valence-electron chi connectivity index (χ4n) is 2.97. The van der Waals surface area contributed by atoms with E-state index in [-0.39, 0.29) is 22.3 Å². The first-order chi connectivity index (χ1) is 13.9. The molecule has 2 N–H and O–H groups in total. The van der Waals surface area contributed by atoms with Gasteiger partial charge in [-0.15, -0.1) is 0 Å². The van der Waals surface area contributed by atoms with Gasteiger partial charge in [0.15, 0.2) is 6.61 Å². The molecule has 0 bridgehead atoms. The molecule has 1 atom stereocenters. The van der Waals surface area contributed by atoms with Crippen LogP contribution in [0.3, 0.4) is 0 Å². The predicted molar refractivity (Wildman–Crippen MR) is 111 cm³/mol. The number of rotatable bonds is 7. The number of fused-ring (bicyclic) bond motifs is 1. The minimum Gasteiger partial charge on any atom is -0.456 e. The number of halogens is 1. The second-order valence-corrected chi connectivity index (χ2v) is 7.36. The summed E-state index contributed by atoms with van der Waals surface area (Å²) in [6.45, 7) is 3.15. The van der Waals surface area contributed by atoms with Gasteiger partial charge in [0, 0.05) is 22.7 Å². The highest BCUT2D eigenvalue weighted by Gasteiger charge is 2.27. The van der Waals surface area contributed by atoms with Crippen LogP contribution in [0.15, 0.2) is 54.7 Å². The quantitative estimate of drug-likeness (QED) is 0.453. The van der Waals surface area contributed by atoms with Crippen molar-refractivity contribution in [3.8, 4) is 0 Å². The van der Waals surface area contributed by atoms with E-state index in [1.165, 1.54) is 0 Å². The first-order valence-electron chi connectivity index (χ1n) is 9.20. The van der Waals surface area contributed by atoms with Crippen LogP contribution in [0.25, 0.3) is 10.9 Å². The summed E-state index contributed by atoms with van der Waals surface area (Å²) in [4.78, 5) is 40.5. The molecule has 29 heavy (non-hydrogen) atoms. The number of carbonyl (C=O) groups excluding carboxylic acids is 3. The van der Waals surface area contributed by atoms with Crippen LogP contribution in [-0.4, -0.2) is 35.3 Å². The average Bonchev–Trinajstić information content (AvgIpc) is 3.14. The summed E-state index contributed by atoms with van der Waals surface area (Å²) in [7, 11) is 0. The Hall–Kier alpha value is -3.12. The van der Waals surface area contributed by atoms with Gasteiger partial charge in [0.1, 0.15) is 6.04 Å². The van der Waals surface area contributed by atoms with Crippen LogP contribution in [0.2, 0.25) is 5.02 Å². The Morgan fingerprint density at radius 2 is 1.72 bits per heavy atom. The number of para-hydroxylation sites is 1. The Balaban J connectivity index is 1.66. The molecule has 0 saturated carbocycles. The number of H-pyrrole nitrogens is 1. The smallest absolute Gasteiger partial charge is 0.329 e. The number of nitrogens with one attached hydrogen (secondary N) is 2. The molecule has 0 aliphatic rings. The molecular formula is C22H21ClN2O4. The zero-order chi connectivity index (χ0) is 21.0. The van der Waals surface area contributed by atoms with Crippen LogP contribution >= 0.6 is 11.6 Å². The highest BCUT2D eigenvalue weighted by atomic mass is 35.5. The van der Waals surface area contributed by atoms with E-state index in [0.717, 1.165) is 10.9 Å². The summed E-state index contributed by atoms with van der Waals surface area (Å²) in [6.07, 6.45) is 1.60. The summed E-state index contributed by atoms with van der Waals surface area (Å²) in [6, 6.07) is 13.0. The highest BCUT2D eigenvalue weighted by Crippen LogP contribution is 2.19. The van der Waals surface area contributed by atoms with E-state index in [0.29, 0.717) is 5.56 Å². The highest BCUT2D eigenvalue weighted by molar-refractivity contribution is 6.33. The number of ether oxygens (including phenoxy) is 1. The maximum atomic E-state index is 12.5. The number of aromatic amines is 1. The lowest BCUT2D eigenvalue weighted by molar-refractivity contribution is -0.145. The third kappa shape index (κ3) is 4.66. The fourth-order valence-corrected chi connectivity index (χ4v) is 3.19. The Labute approximate surface area is 173 Å². The molecule has 0 spiro atoms. The monoisotopic (exact) mass is 412 g/mol. The second-order valence-electron chi connectivity index (χ2n) is 6.95. The van der Waals surface area contributed by atoms with E-state index in [1.54, 1.807) is 44.3 Å². The van der Waals surface area contributed by atoms with Crippen molar-refractivity contribution in [2.45, 2.75) is 19.9 Å². The minimum absolute atomic E-state index is 0.239. The van der Waals surface area contributed by atoms with Crippen LogP contribution in [0, 0.1) is 5.92 Å². The van der Waals surface area contributed by atoms with Gasteiger partial charge in [-0.1, -0.05) is 55.8 Å². The van der Waals surface area contributed by atoms with Crippen molar-refractivity contribution in [2.24, 2.45) is 5.92 Å². The second kappa shape index (κ2) is 8.92. The van der Waals surface area contributed by atoms with Crippen LogP contribution < -0.4 is 5.32 Å². The van der Waals surface area contributed by atoms with E-state index < -0.39 is 24.5 Å². The van der Waals surface area contributed by atoms with E-state index in [4.69, 9.17) is 16.3 Å². The number of Topliss-reactive ketones (excluding diaryl/α,β-unsaturated/α-hetero) is 1.